The molecule has 8 heteroatoms. The van der Waals surface area contributed by atoms with E-state index in [1.165, 1.54) is 22.9 Å². The molecule has 0 bridgehead atoms. The number of nitrogens with one attached hydrogen (secondary N) is 1. The highest BCUT2D eigenvalue weighted by atomic mass is 35.5. The molecule has 0 unspecified atom stereocenters. The van der Waals surface area contributed by atoms with Crippen molar-refractivity contribution in [2.45, 2.75) is 38.2 Å². The van der Waals surface area contributed by atoms with Gasteiger partial charge in [-0.15, -0.1) is 0 Å². The number of rotatable bonds is 7. The molecule has 254 valence electrons. The topological polar surface area (TPSA) is 79.0 Å². The Morgan fingerprint density at radius 2 is 1.43 bits per heavy atom. The number of barbiturate groups is 1. The summed E-state index contributed by atoms with van der Waals surface area (Å²) in [5.41, 5.74) is 8.66. The fourth-order valence-electron chi connectivity index (χ4n) is 7.71. The van der Waals surface area contributed by atoms with E-state index in [9.17, 15) is 14.4 Å². The number of amides is 4. The van der Waals surface area contributed by atoms with E-state index in [4.69, 9.17) is 16.3 Å². The SMILES string of the molecule is Cc1cccc(COc2ccc(/C=C3\C(=O)NC(=O)N(c4cc5c6c(c4)[C@@H](c4ccccc4)CCN6CC[C@@H]5c4ccccc4)C3=O)cc2Cl)c1. The zero-order chi connectivity index (χ0) is 35.1. The maximum atomic E-state index is 14.2. The van der Waals surface area contributed by atoms with E-state index >= 15 is 0 Å². The lowest BCUT2D eigenvalue weighted by atomic mass is 9.76. The van der Waals surface area contributed by atoms with Gasteiger partial charge in [0.05, 0.1) is 10.7 Å². The first-order valence-corrected chi connectivity index (χ1v) is 17.6. The number of ether oxygens (including phenoxy) is 1. The van der Waals surface area contributed by atoms with Crippen molar-refractivity contribution in [3.05, 3.63) is 165 Å². The zero-order valence-corrected chi connectivity index (χ0v) is 28.9. The molecule has 3 aliphatic heterocycles. The molecular weight excluding hydrogens is 658 g/mol. The Balaban J connectivity index is 1.16. The van der Waals surface area contributed by atoms with E-state index in [2.05, 4.69) is 34.5 Å². The Morgan fingerprint density at radius 3 is 2.04 bits per heavy atom. The molecule has 8 rings (SSSR count). The summed E-state index contributed by atoms with van der Waals surface area (Å²) in [6.45, 7) is 4.21. The van der Waals surface area contributed by atoms with Crippen LogP contribution in [0.4, 0.5) is 16.2 Å². The van der Waals surface area contributed by atoms with Crippen LogP contribution in [0.2, 0.25) is 5.02 Å². The Labute approximate surface area is 302 Å². The Bertz CT molecular complexity index is 2130. The molecule has 2 atom stereocenters. The van der Waals surface area contributed by atoms with Crippen molar-refractivity contribution >= 4 is 46.9 Å². The first-order valence-electron chi connectivity index (χ1n) is 17.3. The lowest BCUT2D eigenvalue weighted by Gasteiger charge is -2.44. The molecule has 5 aromatic carbocycles. The average Bonchev–Trinajstić information content (AvgIpc) is 3.14. The smallest absolute Gasteiger partial charge is 0.335 e. The van der Waals surface area contributed by atoms with Gasteiger partial charge in [-0.25, -0.2) is 9.69 Å². The summed E-state index contributed by atoms with van der Waals surface area (Å²) in [4.78, 5) is 44.6. The van der Waals surface area contributed by atoms with E-state index in [1.807, 2.05) is 79.7 Å². The molecule has 5 aromatic rings. The summed E-state index contributed by atoms with van der Waals surface area (Å²) in [6, 6.07) is 37.0. The summed E-state index contributed by atoms with van der Waals surface area (Å²) >= 11 is 6.60. The molecule has 3 heterocycles. The van der Waals surface area contributed by atoms with Gasteiger partial charge in [-0.05, 0) is 83.5 Å². The summed E-state index contributed by atoms with van der Waals surface area (Å²) in [5.74, 6) is -0.803. The van der Waals surface area contributed by atoms with Gasteiger partial charge >= 0.3 is 6.03 Å². The number of hydrogen-bond acceptors (Lipinski definition) is 5. The van der Waals surface area contributed by atoms with Gasteiger partial charge in [0.2, 0.25) is 0 Å². The lowest BCUT2D eigenvalue weighted by molar-refractivity contribution is -0.122. The summed E-state index contributed by atoms with van der Waals surface area (Å²) in [7, 11) is 0. The second kappa shape index (κ2) is 13.6. The summed E-state index contributed by atoms with van der Waals surface area (Å²) < 4.78 is 5.96. The van der Waals surface area contributed by atoms with Gasteiger partial charge in [-0.1, -0.05) is 108 Å². The quantitative estimate of drug-likeness (QED) is 0.136. The first-order chi connectivity index (χ1) is 24.8. The van der Waals surface area contributed by atoms with Crippen LogP contribution in [0.15, 0.2) is 121 Å². The predicted molar refractivity (Wildman–Crippen MR) is 200 cm³/mol. The van der Waals surface area contributed by atoms with E-state index < -0.39 is 17.8 Å². The Hall–Kier alpha value is -5.66. The number of nitrogens with zero attached hydrogens (tertiary/aromatic N) is 2. The number of hydrogen-bond donors (Lipinski definition) is 1. The highest BCUT2D eigenvalue weighted by Crippen LogP contribution is 2.50. The normalized spacial score (nSPS) is 19.2. The number of carbonyl (C=O) groups excluding carboxylic acids is 3. The van der Waals surface area contributed by atoms with Crippen molar-refractivity contribution < 1.29 is 19.1 Å². The third kappa shape index (κ3) is 6.30. The maximum Gasteiger partial charge on any atom is 0.335 e. The van der Waals surface area contributed by atoms with Crippen molar-refractivity contribution in [3.8, 4) is 5.75 Å². The fourth-order valence-corrected chi connectivity index (χ4v) is 7.96. The molecule has 51 heavy (non-hydrogen) atoms. The maximum absolute atomic E-state index is 14.2. The molecule has 7 nitrogen and oxygen atoms in total. The molecular formula is C43H36ClN3O4. The van der Waals surface area contributed by atoms with Crippen LogP contribution < -0.4 is 19.9 Å². The molecule has 0 saturated carbocycles. The van der Waals surface area contributed by atoms with Crippen LogP contribution in [0.1, 0.15) is 63.6 Å². The minimum atomic E-state index is -0.775. The average molecular weight is 694 g/mol. The largest absolute Gasteiger partial charge is 0.487 e. The van der Waals surface area contributed by atoms with Crippen molar-refractivity contribution in [2.24, 2.45) is 0 Å². The number of halogens is 1. The van der Waals surface area contributed by atoms with E-state index in [-0.39, 0.29) is 17.4 Å². The molecule has 0 aromatic heterocycles. The van der Waals surface area contributed by atoms with Crippen molar-refractivity contribution in [1.82, 2.24) is 5.32 Å². The van der Waals surface area contributed by atoms with Crippen LogP contribution in [0.5, 0.6) is 5.75 Å². The molecule has 0 spiro atoms. The second-order valence-electron chi connectivity index (χ2n) is 13.4. The molecule has 1 N–H and O–H groups in total. The molecule has 1 fully saturated rings. The van der Waals surface area contributed by atoms with Gasteiger partial charge < -0.3 is 9.64 Å². The van der Waals surface area contributed by atoms with Gasteiger partial charge in [0.25, 0.3) is 11.8 Å². The van der Waals surface area contributed by atoms with Gasteiger partial charge in [-0.2, -0.15) is 0 Å². The number of urea groups is 1. The van der Waals surface area contributed by atoms with Gasteiger partial charge in [0.1, 0.15) is 17.9 Å². The zero-order valence-electron chi connectivity index (χ0n) is 28.1. The molecule has 4 amide bonds. The molecule has 0 radical (unpaired) electrons. The number of benzene rings is 5. The molecule has 1 saturated heterocycles. The summed E-state index contributed by atoms with van der Waals surface area (Å²) in [5, 5.41) is 2.75. The minimum Gasteiger partial charge on any atom is -0.487 e. The predicted octanol–water partition coefficient (Wildman–Crippen LogP) is 8.77. The van der Waals surface area contributed by atoms with Crippen LogP contribution in [-0.2, 0) is 16.2 Å². The second-order valence-corrected chi connectivity index (χ2v) is 13.8. The Kier molecular flexibility index (Phi) is 8.66. The first kappa shape index (κ1) is 32.5. The number of anilines is 2. The van der Waals surface area contributed by atoms with E-state index in [0.717, 1.165) is 53.1 Å². The standard InChI is InChI=1S/C43H36ClN3O4/c1-27-9-8-10-29(21-27)26-51-39-16-15-28(23-38(39)44)22-37-41(48)45-43(50)47(42(37)49)32-24-35-33(30-11-4-2-5-12-30)17-19-46-20-18-34(36(25-32)40(35)46)31-13-6-3-7-14-31/h2-16,21-25,33-34H,17-20,26H2,1H3,(H,45,48,50)/b37-22+/t33-,34-/m1/s1. The monoisotopic (exact) mass is 693 g/mol. The van der Waals surface area contributed by atoms with Crippen LogP contribution in [0.3, 0.4) is 0 Å². The number of imide groups is 2. The lowest BCUT2D eigenvalue weighted by Crippen LogP contribution is -2.54. The fraction of sp³-hybridized carbons (Fsp3) is 0.186. The van der Waals surface area contributed by atoms with Crippen molar-refractivity contribution in [3.63, 3.8) is 0 Å². The van der Waals surface area contributed by atoms with Crippen molar-refractivity contribution in [1.29, 1.82) is 0 Å². The van der Waals surface area contributed by atoms with E-state index in [1.54, 1.807) is 18.2 Å². The third-order valence-corrected chi connectivity index (χ3v) is 10.4. The molecule has 0 aliphatic carbocycles. The third-order valence-electron chi connectivity index (χ3n) is 10.1. The Morgan fingerprint density at radius 1 is 0.784 bits per heavy atom. The highest BCUT2D eigenvalue weighted by molar-refractivity contribution is 6.39. The van der Waals surface area contributed by atoms with Crippen LogP contribution in [0.25, 0.3) is 6.08 Å². The molecule has 3 aliphatic rings. The minimum absolute atomic E-state index is 0.0825. The number of aryl methyl sites for hydroxylation is 1. The van der Waals surface area contributed by atoms with Gasteiger partial charge in [-0.3, -0.25) is 14.9 Å². The van der Waals surface area contributed by atoms with Crippen molar-refractivity contribution in [2.75, 3.05) is 22.9 Å². The van der Waals surface area contributed by atoms with Gasteiger partial charge in [0.15, 0.2) is 0 Å². The van der Waals surface area contributed by atoms with Crippen LogP contribution in [0, 0.1) is 6.92 Å². The van der Waals surface area contributed by atoms with Crippen LogP contribution in [-0.4, -0.2) is 30.9 Å². The summed E-state index contributed by atoms with van der Waals surface area (Å²) in [6.07, 6.45) is 3.29. The highest BCUT2D eigenvalue weighted by Gasteiger charge is 2.40. The number of carbonyl (C=O) groups is 3. The van der Waals surface area contributed by atoms with Gasteiger partial charge in [0, 0.05) is 30.6 Å². The van der Waals surface area contributed by atoms with E-state index in [0.29, 0.717) is 28.6 Å². The van der Waals surface area contributed by atoms with Crippen LogP contribution >= 0.6 is 11.6 Å².